The molecule has 4 heteroatoms. The van der Waals surface area contributed by atoms with Crippen molar-refractivity contribution in [1.82, 2.24) is 0 Å². The number of aliphatic carboxylic acids is 1. The van der Waals surface area contributed by atoms with Gasteiger partial charge in [0.15, 0.2) is 0 Å². The predicted octanol–water partition coefficient (Wildman–Crippen LogP) is 4.48. The molecule has 0 aliphatic carbocycles. The fourth-order valence-electron chi connectivity index (χ4n) is 2.86. The van der Waals surface area contributed by atoms with E-state index in [2.05, 4.69) is 18.7 Å². The minimum Gasteiger partial charge on any atom is -0.497 e. The third kappa shape index (κ3) is 4.41. The lowest BCUT2D eigenvalue weighted by Crippen LogP contribution is -2.21. The van der Waals surface area contributed by atoms with Gasteiger partial charge in [-0.3, -0.25) is 0 Å². The van der Waals surface area contributed by atoms with E-state index in [1.165, 1.54) is 0 Å². The Morgan fingerprint density at radius 3 is 2.24 bits per heavy atom. The Bertz CT molecular complexity index is 759. The minimum atomic E-state index is -0.943. The summed E-state index contributed by atoms with van der Waals surface area (Å²) in [6.07, 6.45) is 1.71. The number of ether oxygens (including phenoxy) is 1. The van der Waals surface area contributed by atoms with Crippen LogP contribution in [-0.2, 0) is 4.79 Å². The van der Waals surface area contributed by atoms with Crippen molar-refractivity contribution in [3.8, 4) is 5.75 Å². The Hall–Kier alpha value is -2.75. The monoisotopic (exact) mass is 339 g/mol. The molecule has 0 amide bonds. The van der Waals surface area contributed by atoms with E-state index in [1.807, 2.05) is 37.3 Å². The number of hydrogen-bond donors (Lipinski definition) is 1. The van der Waals surface area contributed by atoms with Crippen LogP contribution in [0.4, 0.5) is 5.69 Å². The summed E-state index contributed by atoms with van der Waals surface area (Å²) in [6.45, 7) is 8.00. The molecule has 132 valence electrons. The Kier molecular flexibility index (Phi) is 6.23. The smallest absolute Gasteiger partial charge is 0.336 e. The Labute approximate surface area is 149 Å². The molecule has 0 saturated carbocycles. The van der Waals surface area contributed by atoms with Gasteiger partial charge in [-0.1, -0.05) is 18.2 Å². The molecular formula is C21H25NO3. The number of aryl methyl sites for hydroxylation is 1. The minimum absolute atomic E-state index is 0.274. The highest BCUT2D eigenvalue weighted by Gasteiger charge is 2.14. The molecule has 0 bridgehead atoms. The normalized spacial score (nSPS) is 11.3. The summed E-state index contributed by atoms with van der Waals surface area (Å²) in [5, 5.41) is 9.65. The van der Waals surface area contributed by atoms with E-state index in [0.29, 0.717) is 5.56 Å². The second-order valence-electron chi connectivity index (χ2n) is 5.81. The molecule has 0 aliphatic heterocycles. The van der Waals surface area contributed by atoms with E-state index in [-0.39, 0.29) is 5.57 Å². The summed E-state index contributed by atoms with van der Waals surface area (Å²) in [5.74, 6) is -0.226. The molecule has 0 saturated heterocycles. The van der Waals surface area contributed by atoms with Crippen LogP contribution >= 0.6 is 0 Å². The molecule has 2 aromatic carbocycles. The Balaban J connectivity index is 2.39. The molecule has 0 heterocycles. The zero-order valence-electron chi connectivity index (χ0n) is 15.2. The van der Waals surface area contributed by atoms with Crippen LogP contribution in [-0.4, -0.2) is 31.3 Å². The second kappa shape index (κ2) is 8.38. The first kappa shape index (κ1) is 18.6. The molecular weight excluding hydrogens is 314 g/mol. The predicted molar refractivity (Wildman–Crippen MR) is 103 cm³/mol. The first-order valence-electron chi connectivity index (χ1n) is 8.45. The van der Waals surface area contributed by atoms with Gasteiger partial charge in [-0.15, -0.1) is 0 Å². The van der Waals surface area contributed by atoms with Crippen molar-refractivity contribution in [3.63, 3.8) is 0 Å². The lowest BCUT2D eigenvalue weighted by atomic mass is 9.98. The molecule has 0 spiro atoms. The highest BCUT2D eigenvalue weighted by Crippen LogP contribution is 2.26. The van der Waals surface area contributed by atoms with Crippen molar-refractivity contribution >= 4 is 23.3 Å². The maximum atomic E-state index is 11.8. The maximum Gasteiger partial charge on any atom is 0.336 e. The molecule has 0 aliphatic rings. The summed E-state index contributed by atoms with van der Waals surface area (Å²) >= 11 is 0. The van der Waals surface area contributed by atoms with Crippen molar-refractivity contribution in [3.05, 3.63) is 59.2 Å². The molecule has 2 aromatic rings. The van der Waals surface area contributed by atoms with Gasteiger partial charge < -0.3 is 14.7 Å². The summed E-state index contributed by atoms with van der Waals surface area (Å²) < 4.78 is 5.19. The third-order valence-corrected chi connectivity index (χ3v) is 4.29. The van der Waals surface area contributed by atoms with E-state index in [4.69, 9.17) is 4.74 Å². The zero-order chi connectivity index (χ0) is 18.4. The quantitative estimate of drug-likeness (QED) is 0.597. The number of carbonyl (C=O) groups is 1. The third-order valence-electron chi connectivity index (χ3n) is 4.29. The van der Waals surface area contributed by atoms with Crippen molar-refractivity contribution in [2.75, 3.05) is 25.1 Å². The number of rotatable bonds is 7. The van der Waals surface area contributed by atoms with Crippen molar-refractivity contribution < 1.29 is 14.6 Å². The molecule has 0 unspecified atom stereocenters. The molecule has 0 radical (unpaired) electrons. The van der Waals surface area contributed by atoms with Crippen LogP contribution < -0.4 is 9.64 Å². The number of anilines is 1. The van der Waals surface area contributed by atoms with Gasteiger partial charge in [0.2, 0.25) is 0 Å². The van der Waals surface area contributed by atoms with Gasteiger partial charge in [0.25, 0.3) is 0 Å². The standard InChI is InChI=1S/C21H25NO3/c1-5-22(6-2)17-9-7-16(8-10-17)14-20(21(23)24)19-12-11-18(25-4)13-15(19)3/h7-14H,5-6H2,1-4H3,(H,23,24)/b20-14-. The Morgan fingerprint density at radius 1 is 1.12 bits per heavy atom. The van der Waals surface area contributed by atoms with E-state index < -0.39 is 5.97 Å². The maximum absolute atomic E-state index is 11.8. The van der Waals surface area contributed by atoms with Crippen LogP contribution in [0.5, 0.6) is 5.75 Å². The van der Waals surface area contributed by atoms with E-state index >= 15 is 0 Å². The fourth-order valence-corrected chi connectivity index (χ4v) is 2.86. The van der Waals surface area contributed by atoms with Crippen molar-refractivity contribution in [1.29, 1.82) is 0 Å². The lowest BCUT2D eigenvalue weighted by Gasteiger charge is -2.20. The average Bonchev–Trinajstić information content (AvgIpc) is 2.62. The largest absolute Gasteiger partial charge is 0.497 e. The summed E-state index contributed by atoms with van der Waals surface area (Å²) in [6, 6.07) is 13.4. The van der Waals surface area contributed by atoms with Crippen LogP contribution in [0.2, 0.25) is 0 Å². The molecule has 0 atom stereocenters. The van der Waals surface area contributed by atoms with Gasteiger partial charge in [-0.2, -0.15) is 0 Å². The first-order chi connectivity index (χ1) is 12.0. The van der Waals surface area contributed by atoms with Gasteiger partial charge >= 0.3 is 5.97 Å². The van der Waals surface area contributed by atoms with Crippen LogP contribution in [0.25, 0.3) is 11.6 Å². The van der Waals surface area contributed by atoms with E-state index in [1.54, 1.807) is 25.3 Å². The molecule has 1 N–H and O–H groups in total. The van der Waals surface area contributed by atoms with Crippen LogP contribution in [0.3, 0.4) is 0 Å². The van der Waals surface area contributed by atoms with Crippen molar-refractivity contribution in [2.24, 2.45) is 0 Å². The highest BCUT2D eigenvalue weighted by molar-refractivity contribution is 6.21. The Morgan fingerprint density at radius 2 is 1.76 bits per heavy atom. The van der Waals surface area contributed by atoms with Crippen LogP contribution in [0.1, 0.15) is 30.5 Å². The van der Waals surface area contributed by atoms with Gasteiger partial charge in [-0.25, -0.2) is 4.79 Å². The molecule has 25 heavy (non-hydrogen) atoms. The number of carboxylic acids is 1. The van der Waals surface area contributed by atoms with Gasteiger partial charge in [-0.05, 0) is 67.8 Å². The SMILES string of the molecule is CCN(CC)c1ccc(/C=C(\C(=O)O)c2ccc(OC)cc2C)cc1. The van der Waals surface area contributed by atoms with Gasteiger partial charge in [0, 0.05) is 18.8 Å². The van der Waals surface area contributed by atoms with Crippen molar-refractivity contribution in [2.45, 2.75) is 20.8 Å². The molecule has 0 fully saturated rings. The van der Waals surface area contributed by atoms with Gasteiger partial charge in [0.1, 0.15) is 5.75 Å². The molecule has 0 aromatic heterocycles. The zero-order valence-corrected chi connectivity index (χ0v) is 15.2. The number of carboxylic acid groups (broad SMARTS) is 1. The molecule has 4 nitrogen and oxygen atoms in total. The van der Waals surface area contributed by atoms with Gasteiger partial charge in [0.05, 0.1) is 12.7 Å². The summed E-state index contributed by atoms with van der Waals surface area (Å²) in [7, 11) is 1.60. The fraction of sp³-hybridized carbons (Fsp3) is 0.286. The summed E-state index contributed by atoms with van der Waals surface area (Å²) in [4.78, 5) is 14.0. The second-order valence-corrected chi connectivity index (χ2v) is 5.81. The summed E-state index contributed by atoms with van der Waals surface area (Å²) in [5.41, 5.74) is 3.84. The average molecular weight is 339 g/mol. The van der Waals surface area contributed by atoms with E-state index in [9.17, 15) is 9.90 Å². The van der Waals surface area contributed by atoms with Crippen LogP contribution in [0.15, 0.2) is 42.5 Å². The lowest BCUT2D eigenvalue weighted by molar-refractivity contribution is -0.130. The van der Waals surface area contributed by atoms with Crippen LogP contribution in [0, 0.1) is 6.92 Å². The molecule has 2 rings (SSSR count). The number of hydrogen-bond acceptors (Lipinski definition) is 3. The first-order valence-corrected chi connectivity index (χ1v) is 8.45. The topological polar surface area (TPSA) is 49.8 Å². The highest BCUT2D eigenvalue weighted by atomic mass is 16.5. The van der Waals surface area contributed by atoms with E-state index in [0.717, 1.165) is 35.7 Å². The number of nitrogens with zero attached hydrogens (tertiary/aromatic N) is 1. The number of benzene rings is 2. The number of methoxy groups -OCH3 is 1.